The van der Waals surface area contributed by atoms with Gasteiger partial charge in [-0.1, -0.05) is 18.2 Å². The van der Waals surface area contributed by atoms with Crippen LogP contribution in [-0.2, 0) is 25.5 Å². The Morgan fingerprint density at radius 1 is 1.12 bits per heavy atom. The van der Waals surface area contributed by atoms with Gasteiger partial charge in [0.25, 0.3) is 5.91 Å². The van der Waals surface area contributed by atoms with Crippen LogP contribution in [0.4, 0.5) is 0 Å². The first-order valence-corrected chi connectivity index (χ1v) is 13.1. The molecule has 3 aliphatic carbocycles. The Morgan fingerprint density at radius 2 is 1.83 bits per heavy atom. The van der Waals surface area contributed by atoms with Crippen LogP contribution in [0.25, 0.3) is 16.9 Å². The van der Waals surface area contributed by atoms with Gasteiger partial charge in [0.15, 0.2) is 11.4 Å². The zero-order valence-corrected chi connectivity index (χ0v) is 22.7. The van der Waals surface area contributed by atoms with Crippen molar-refractivity contribution in [3.63, 3.8) is 0 Å². The van der Waals surface area contributed by atoms with Gasteiger partial charge in [-0.15, -0.1) is 0 Å². The molecule has 0 aromatic heterocycles. The normalized spacial score (nSPS) is 25.5. The lowest BCUT2D eigenvalue weighted by Gasteiger charge is -2.50. The van der Waals surface area contributed by atoms with Crippen molar-refractivity contribution in [3.8, 4) is 16.9 Å². The van der Waals surface area contributed by atoms with Gasteiger partial charge in [0.2, 0.25) is 5.78 Å². The number of hydrogen-bond acceptors (Lipinski definition) is 10. The van der Waals surface area contributed by atoms with Crippen molar-refractivity contribution < 1.29 is 44.3 Å². The molecule has 0 saturated heterocycles. The molecule has 214 valence electrons. The number of carbonyl (C=O) groups excluding carboxylic acids is 4. The van der Waals surface area contributed by atoms with Crippen molar-refractivity contribution in [1.29, 1.82) is 0 Å². The molecule has 0 radical (unpaired) electrons. The monoisotopic (exact) mass is 562 g/mol. The Balaban J connectivity index is 1.70. The van der Waals surface area contributed by atoms with Crippen LogP contribution in [0, 0.1) is 11.8 Å². The Labute approximate surface area is 235 Å². The summed E-state index contributed by atoms with van der Waals surface area (Å²) in [6.45, 7) is 1.90. The third kappa shape index (κ3) is 4.03. The number of primary amides is 1. The number of phenols is 1. The van der Waals surface area contributed by atoms with E-state index >= 15 is 0 Å². The summed E-state index contributed by atoms with van der Waals surface area (Å²) in [7, 11) is 3.08. The van der Waals surface area contributed by atoms with Crippen molar-refractivity contribution in [3.05, 3.63) is 70.0 Å². The molecular weight excluding hydrogens is 532 g/mol. The number of ether oxygens (including phenoxy) is 1. The van der Waals surface area contributed by atoms with E-state index in [1.54, 1.807) is 51.4 Å². The minimum Gasteiger partial charge on any atom is -0.508 e. The number of carbonyl (C=O) groups is 4. The maximum Gasteiger partial charge on any atom is 0.338 e. The molecular formula is C30H30N2O9. The van der Waals surface area contributed by atoms with Gasteiger partial charge in [0.1, 0.15) is 22.8 Å². The van der Waals surface area contributed by atoms with Crippen LogP contribution in [0.15, 0.2) is 53.3 Å². The van der Waals surface area contributed by atoms with Crippen LogP contribution in [0.3, 0.4) is 0 Å². The van der Waals surface area contributed by atoms with Gasteiger partial charge in [-0.25, -0.2) is 4.79 Å². The number of aliphatic hydroxyl groups excluding tert-OH is 2. The largest absolute Gasteiger partial charge is 0.508 e. The van der Waals surface area contributed by atoms with Gasteiger partial charge in [0, 0.05) is 11.5 Å². The van der Waals surface area contributed by atoms with Crippen molar-refractivity contribution in [1.82, 2.24) is 4.90 Å². The third-order valence-corrected chi connectivity index (χ3v) is 8.29. The smallest absolute Gasteiger partial charge is 0.338 e. The second kappa shape index (κ2) is 9.86. The predicted molar refractivity (Wildman–Crippen MR) is 146 cm³/mol. The molecule has 3 aliphatic rings. The summed E-state index contributed by atoms with van der Waals surface area (Å²) >= 11 is 0. The average Bonchev–Trinajstić information content (AvgIpc) is 2.90. The van der Waals surface area contributed by atoms with E-state index in [0.29, 0.717) is 22.3 Å². The highest BCUT2D eigenvalue weighted by Gasteiger charge is 2.64. The van der Waals surface area contributed by atoms with Gasteiger partial charge >= 0.3 is 5.97 Å². The van der Waals surface area contributed by atoms with Crippen LogP contribution < -0.4 is 5.73 Å². The van der Waals surface area contributed by atoms with E-state index in [-0.39, 0.29) is 36.3 Å². The number of nitrogens with two attached hydrogens (primary N) is 1. The maximum absolute atomic E-state index is 14.0. The number of nitrogens with zero attached hydrogens (tertiary/aromatic N) is 1. The number of rotatable bonds is 5. The zero-order valence-electron chi connectivity index (χ0n) is 22.7. The summed E-state index contributed by atoms with van der Waals surface area (Å²) in [5, 5.41) is 44.9. The van der Waals surface area contributed by atoms with Crippen molar-refractivity contribution in [2.75, 3.05) is 20.7 Å². The molecule has 41 heavy (non-hydrogen) atoms. The number of aliphatic hydroxyl groups is 3. The number of Topliss-reactive ketones (excluding diaryl/α,β-unsaturated/α-hetero) is 2. The maximum atomic E-state index is 14.0. The fraction of sp³-hybridized carbons (Fsp3) is 0.333. The van der Waals surface area contributed by atoms with E-state index in [1.807, 2.05) is 0 Å². The number of hydrogen-bond donors (Lipinski definition) is 5. The average molecular weight is 563 g/mol. The van der Waals surface area contributed by atoms with Gasteiger partial charge in [-0.05, 0) is 74.7 Å². The molecule has 2 aromatic rings. The summed E-state index contributed by atoms with van der Waals surface area (Å²) in [6, 6.07) is 8.48. The summed E-state index contributed by atoms with van der Waals surface area (Å²) in [6.07, 6.45) is 0.103. The quantitative estimate of drug-likeness (QED) is 0.266. The van der Waals surface area contributed by atoms with Crippen LogP contribution in [-0.4, -0.2) is 81.1 Å². The van der Waals surface area contributed by atoms with E-state index in [1.165, 1.54) is 11.0 Å². The molecule has 1 amide bonds. The number of ketones is 2. The molecule has 0 spiro atoms. The Morgan fingerprint density at radius 3 is 2.46 bits per heavy atom. The molecule has 1 saturated carbocycles. The number of aromatic hydroxyl groups is 1. The highest BCUT2D eigenvalue weighted by atomic mass is 16.5. The van der Waals surface area contributed by atoms with Crippen molar-refractivity contribution in [2.45, 2.75) is 31.4 Å². The number of esters is 1. The number of phenolic OH excluding ortho intramolecular Hbond substituents is 1. The van der Waals surface area contributed by atoms with Crippen molar-refractivity contribution in [2.24, 2.45) is 17.6 Å². The first-order valence-electron chi connectivity index (χ1n) is 13.1. The van der Waals surface area contributed by atoms with Gasteiger partial charge in [-0.3, -0.25) is 19.3 Å². The predicted octanol–water partition coefficient (Wildman–Crippen LogP) is 1.81. The lowest BCUT2D eigenvalue weighted by Crippen LogP contribution is -2.65. The minimum atomic E-state index is -2.70. The standard InChI is InChI=1S/C30H30N2O9/c1-4-41-29(39)14-7-5-6-13(10-14)16-8-9-19(33)21-17(16)11-15-12-18-23(32(2)3)25(35)22(28(31)38)27(37)30(18,40)26(36)20(15)24(21)34/h5-10,15,18,23,33-34,37,40H,4,11-12H2,1-3H3,(H2,31,38)/t15-,18-,23-,30+/m1/s1. The second-order valence-electron chi connectivity index (χ2n) is 10.7. The summed E-state index contributed by atoms with van der Waals surface area (Å²) in [4.78, 5) is 53.1. The van der Waals surface area contributed by atoms with E-state index in [9.17, 15) is 39.6 Å². The van der Waals surface area contributed by atoms with E-state index in [0.717, 1.165) is 0 Å². The number of amides is 1. The molecule has 11 heteroatoms. The van der Waals surface area contributed by atoms with Crippen LogP contribution in [0.2, 0.25) is 0 Å². The highest BCUT2D eigenvalue weighted by Crippen LogP contribution is 2.53. The molecule has 6 N–H and O–H groups in total. The fourth-order valence-corrected chi connectivity index (χ4v) is 6.54. The number of benzene rings is 2. The van der Waals surface area contributed by atoms with Crippen LogP contribution in [0.5, 0.6) is 5.75 Å². The topological polar surface area (TPSA) is 188 Å². The third-order valence-electron chi connectivity index (χ3n) is 8.29. The van der Waals surface area contributed by atoms with Gasteiger partial charge in [-0.2, -0.15) is 0 Å². The molecule has 0 aliphatic heterocycles. The molecule has 4 atom stereocenters. The SMILES string of the molecule is CCOC(=O)c1cccc(-c2ccc(O)c3c2C[C@@H]2C[C@@H]4[C@@H](N(C)C)C(=O)C(C(N)=O)=C(O)[C@@]4(O)C(=O)C2=C3O)c1. The van der Waals surface area contributed by atoms with E-state index in [4.69, 9.17) is 10.5 Å². The highest BCUT2D eigenvalue weighted by molar-refractivity contribution is 6.24. The summed E-state index contributed by atoms with van der Waals surface area (Å²) in [5.41, 5.74) is 3.53. The lowest BCUT2D eigenvalue weighted by molar-refractivity contribution is -0.153. The summed E-state index contributed by atoms with van der Waals surface area (Å²) < 4.78 is 5.11. The first kappa shape index (κ1) is 28.1. The van der Waals surface area contributed by atoms with E-state index < -0.39 is 64.0 Å². The molecule has 11 nitrogen and oxygen atoms in total. The Bertz CT molecular complexity index is 1590. The number of likely N-dealkylation sites (N-methyl/N-ethyl adjacent to an activating group) is 1. The molecule has 1 fully saturated rings. The van der Waals surface area contributed by atoms with Crippen molar-refractivity contribution >= 4 is 29.2 Å². The second-order valence-corrected chi connectivity index (χ2v) is 10.7. The van der Waals surface area contributed by atoms with Gasteiger partial charge in [0.05, 0.1) is 23.8 Å². The first-order chi connectivity index (χ1) is 19.3. The summed E-state index contributed by atoms with van der Waals surface area (Å²) in [5.74, 6) is -7.62. The molecule has 5 rings (SSSR count). The Kier molecular flexibility index (Phi) is 6.75. The molecule has 0 bridgehead atoms. The lowest BCUT2D eigenvalue weighted by atomic mass is 9.57. The number of fused-ring (bicyclic) bond motifs is 3. The Hall–Kier alpha value is -4.48. The van der Waals surface area contributed by atoms with Crippen LogP contribution in [0.1, 0.15) is 34.8 Å². The minimum absolute atomic E-state index is 0.0241. The zero-order chi connectivity index (χ0) is 30.0. The van der Waals surface area contributed by atoms with E-state index in [2.05, 4.69) is 0 Å². The molecule has 0 unspecified atom stereocenters. The molecule has 2 aromatic carbocycles. The fourth-order valence-electron chi connectivity index (χ4n) is 6.54. The van der Waals surface area contributed by atoms with Gasteiger partial charge < -0.3 is 30.9 Å². The molecule has 0 heterocycles. The van der Waals surface area contributed by atoms with Crippen LogP contribution >= 0.6 is 0 Å².